The van der Waals surface area contributed by atoms with Gasteiger partial charge >= 0.3 is 12.0 Å². The van der Waals surface area contributed by atoms with E-state index in [0.717, 1.165) is 17.7 Å². The van der Waals surface area contributed by atoms with Gasteiger partial charge in [0.05, 0.1) is 37.7 Å². The number of carbonyl (C=O) groups excluding carboxylic acids is 2. The van der Waals surface area contributed by atoms with Crippen LogP contribution in [-0.4, -0.2) is 56.0 Å². The summed E-state index contributed by atoms with van der Waals surface area (Å²) < 4.78 is 22.2. The summed E-state index contributed by atoms with van der Waals surface area (Å²) in [6, 6.07) is 11.3. The van der Waals surface area contributed by atoms with Crippen molar-refractivity contribution in [3.63, 3.8) is 0 Å². The van der Waals surface area contributed by atoms with Crippen LogP contribution >= 0.6 is 0 Å². The third-order valence-electron chi connectivity index (χ3n) is 5.90. The lowest BCUT2D eigenvalue weighted by Crippen LogP contribution is -2.45. The number of hydrogen-bond donors (Lipinski definition) is 4. The van der Waals surface area contributed by atoms with Gasteiger partial charge in [-0.3, -0.25) is 5.43 Å². The number of amides is 2. The molecule has 1 aliphatic heterocycles. The van der Waals surface area contributed by atoms with E-state index in [4.69, 9.17) is 18.9 Å². The van der Waals surface area contributed by atoms with E-state index in [9.17, 15) is 14.7 Å². The Morgan fingerprint density at radius 2 is 1.90 bits per heavy atom. The van der Waals surface area contributed by atoms with E-state index >= 15 is 0 Å². The Bertz CT molecular complexity index is 1200. The van der Waals surface area contributed by atoms with Crippen molar-refractivity contribution in [2.24, 2.45) is 5.10 Å². The molecule has 0 radical (unpaired) electrons. The van der Waals surface area contributed by atoms with Gasteiger partial charge in [-0.25, -0.2) is 9.59 Å². The molecule has 11 heteroatoms. The second-order valence-electron chi connectivity index (χ2n) is 8.82. The minimum Gasteiger partial charge on any atom is -0.491 e. The number of methoxy groups -OCH3 is 1. The van der Waals surface area contributed by atoms with Gasteiger partial charge in [0, 0.05) is 5.70 Å². The van der Waals surface area contributed by atoms with Gasteiger partial charge in [-0.1, -0.05) is 13.0 Å². The van der Waals surface area contributed by atoms with Crippen LogP contribution in [0.25, 0.3) is 0 Å². The standard InChI is InChI=1S/C28H36N4O7/c1-6-17(3)39-21-11-8-19(9-12-21)15-29-32-24(33)16-38-22-13-10-20(14-23(22)37-7-2)26-25(27(34)36-5)18(4)30-28(35)31-26/h8-15,17,24,26,32-33H,6-7,16H2,1-5H3,(H2,30,31,35)/b29-15-/t17-,24+,26-/m0/s1. The van der Waals surface area contributed by atoms with Crippen LogP contribution < -0.4 is 30.3 Å². The summed E-state index contributed by atoms with van der Waals surface area (Å²) in [4.78, 5) is 24.5. The molecule has 0 saturated carbocycles. The molecule has 0 unspecified atom stereocenters. The van der Waals surface area contributed by atoms with Crippen molar-refractivity contribution in [1.29, 1.82) is 0 Å². The van der Waals surface area contributed by atoms with E-state index in [0.29, 0.717) is 29.4 Å². The molecule has 3 rings (SSSR count). The Kier molecular flexibility index (Phi) is 10.6. The molecule has 0 bridgehead atoms. The van der Waals surface area contributed by atoms with Crippen molar-refractivity contribution >= 4 is 18.2 Å². The lowest BCUT2D eigenvalue weighted by Gasteiger charge is -2.28. The first-order valence-corrected chi connectivity index (χ1v) is 12.7. The van der Waals surface area contributed by atoms with E-state index in [-0.39, 0.29) is 18.3 Å². The fourth-order valence-corrected chi connectivity index (χ4v) is 3.77. The van der Waals surface area contributed by atoms with E-state index in [1.807, 2.05) is 38.1 Å². The molecule has 1 aliphatic rings. The zero-order chi connectivity index (χ0) is 28.4. The van der Waals surface area contributed by atoms with Gasteiger partial charge in [0.1, 0.15) is 12.4 Å². The molecule has 0 fully saturated rings. The summed E-state index contributed by atoms with van der Waals surface area (Å²) in [5, 5.41) is 19.7. The maximum atomic E-state index is 12.4. The normalized spacial score (nSPS) is 16.7. The summed E-state index contributed by atoms with van der Waals surface area (Å²) >= 11 is 0. The Balaban J connectivity index is 1.63. The van der Waals surface area contributed by atoms with E-state index in [1.54, 1.807) is 31.3 Å². The highest BCUT2D eigenvalue weighted by Gasteiger charge is 2.32. The fraction of sp³-hybridized carbons (Fsp3) is 0.393. The molecule has 39 heavy (non-hydrogen) atoms. The lowest BCUT2D eigenvalue weighted by molar-refractivity contribution is -0.136. The largest absolute Gasteiger partial charge is 0.491 e. The van der Waals surface area contributed by atoms with Crippen LogP contribution in [-0.2, 0) is 9.53 Å². The topological polar surface area (TPSA) is 140 Å². The average Bonchev–Trinajstić information content (AvgIpc) is 2.92. The van der Waals surface area contributed by atoms with E-state index < -0.39 is 24.3 Å². The average molecular weight is 541 g/mol. The molecule has 2 aromatic carbocycles. The number of carbonyl (C=O) groups is 2. The van der Waals surface area contributed by atoms with Crippen molar-refractivity contribution in [2.75, 3.05) is 20.3 Å². The summed E-state index contributed by atoms with van der Waals surface area (Å²) in [6.07, 6.45) is 1.55. The number of nitrogens with one attached hydrogen (secondary N) is 3. The molecule has 0 spiro atoms. The molecule has 11 nitrogen and oxygen atoms in total. The first-order valence-electron chi connectivity index (χ1n) is 12.7. The van der Waals surface area contributed by atoms with Crippen molar-refractivity contribution in [3.8, 4) is 17.2 Å². The summed E-state index contributed by atoms with van der Waals surface area (Å²) in [5.74, 6) is 0.991. The first-order chi connectivity index (χ1) is 18.7. The fourth-order valence-electron chi connectivity index (χ4n) is 3.77. The van der Waals surface area contributed by atoms with Crippen molar-refractivity contribution < 1.29 is 33.6 Å². The van der Waals surface area contributed by atoms with Crippen LogP contribution in [0.4, 0.5) is 4.79 Å². The zero-order valence-electron chi connectivity index (χ0n) is 22.8. The van der Waals surface area contributed by atoms with Gasteiger partial charge in [0.15, 0.2) is 17.7 Å². The molecule has 210 valence electrons. The Morgan fingerprint density at radius 3 is 2.56 bits per heavy atom. The van der Waals surface area contributed by atoms with Gasteiger partial charge in [-0.2, -0.15) is 5.10 Å². The Labute approximate surface area is 228 Å². The van der Waals surface area contributed by atoms with Crippen LogP contribution in [0.1, 0.15) is 51.3 Å². The number of aliphatic hydroxyl groups excluding tert-OH is 1. The number of hydrogen-bond acceptors (Lipinski definition) is 9. The van der Waals surface area contributed by atoms with Crippen LogP contribution in [0.15, 0.2) is 58.8 Å². The van der Waals surface area contributed by atoms with Gasteiger partial charge in [0.2, 0.25) is 0 Å². The lowest BCUT2D eigenvalue weighted by atomic mass is 9.95. The van der Waals surface area contributed by atoms with Crippen molar-refractivity contribution in [2.45, 2.75) is 52.5 Å². The van der Waals surface area contributed by atoms with E-state index in [1.165, 1.54) is 7.11 Å². The molecular formula is C28H36N4O7. The molecule has 3 atom stereocenters. The predicted molar refractivity (Wildman–Crippen MR) is 146 cm³/mol. The summed E-state index contributed by atoms with van der Waals surface area (Å²) in [5.41, 5.74) is 4.74. The van der Waals surface area contributed by atoms with Crippen molar-refractivity contribution in [3.05, 3.63) is 64.9 Å². The third-order valence-corrected chi connectivity index (χ3v) is 5.90. The van der Waals surface area contributed by atoms with E-state index in [2.05, 4.69) is 28.1 Å². The molecule has 4 N–H and O–H groups in total. The van der Waals surface area contributed by atoms with Crippen LogP contribution in [0.2, 0.25) is 0 Å². The van der Waals surface area contributed by atoms with Gasteiger partial charge in [0.25, 0.3) is 0 Å². The number of allylic oxidation sites excluding steroid dienone is 1. The molecule has 0 saturated heterocycles. The second-order valence-corrected chi connectivity index (χ2v) is 8.82. The Morgan fingerprint density at radius 1 is 1.15 bits per heavy atom. The number of benzene rings is 2. The van der Waals surface area contributed by atoms with Gasteiger partial charge in [-0.15, -0.1) is 0 Å². The molecule has 2 aromatic rings. The minimum absolute atomic E-state index is 0.116. The molecular weight excluding hydrogens is 504 g/mol. The minimum atomic E-state index is -1.09. The molecule has 0 aromatic heterocycles. The Hall–Kier alpha value is -4.25. The summed E-state index contributed by atoms with van der Waals surface area (Å²) in [7, 11) is 1.28. The second kappa shape index (κ2) is 14.1. The molecule has 1 heterocycles. The van der Waals surface area contributed by atoms with Crippen LogP contribution in [0, 0.1) is 0 Å². The molecule has 2 amide bonds. The number of rotatable bonds is 13. The number of nitrogens with zero attached hydrogens (tertiary/aromatic N) is 1. The maximum Gasteiger partial charge on any atom is 0.337 e. The number of hydrazone groups is 1. The number of urea groups is 1. The number of ether oxygens (including phenoxy) is 4. The number of esters is 1. The highest BCUT2D eigenvalue weighted by atomic mass is 16.5. The van der Waals surface area contributed by atoms with Crippen LogP contribution in [0.3, 0.4) is 0 Å². The molecule has 0 aliphatic carbocycles. The maximum absolute atomic E-state index is 12.4. The highest BCUT2D eigenvalue weighted by molar-refractivity contribution is 5.95. The highest BCUT2D eigenvalue weighted by Crippen LogP contribution is 2.34. The first kappa shape index (κ1) is 29.3. The van der Waals surface area contributed by atoms with Gasteiger partial charge < -0.3 is 34.7 Å². The zero-order valence-corrected chi connectivity index (χ0v) is 22.8. The van der Waals surface area contributed by atoms with Gasteiger partial charge in [-0.05, 0) is 74.7 Å². The predicted octanol–water partition coefficient (Wildman–Crippen LogP) is 3.38. The SMILES string of the molecule is CCOc1cc([C@@H]2NC(=O)NC(C)=C2C(=O)OC)ccc1OC[C@@H](O)N/N=C\c1ccc(O[C@@H](C)CC)cc1. The number of aliphatic hydroxyl groups is 1. The third kappa shape index (κ3) is 8.11. The van der Waals surface area contributed by atoms with Crippen LogP contribution in [0.5, 0.6) is 17.2 Å². The summed E-state index contributed by atoms with van der Waals surface area (Å²) in [6.45, 7) is 7.77. The monoisotopic (exact) mass is 540 g/mol. The van der Waals surface area contributed by atoms with Crippen molar-refractivity contribution in [1.82, 2.24) is 16.1 Å². The quantitative estimate of drug-likeness (QED) is 0.131. The smallest absolute Gasteiger partial charge is 0.337 e.